The molecule has 1 heterocycles. The first-order valence-corrected chi connectivity index (χ1v) is 7.12. The number of imidazole rings is 1. The van der Waals surface area contributed by atoms with Gasteiger partial charge >= 0.3 is 0 Å². The van der Waals surface area contributed by atoms with Gasteiger partial charge in [0.2, 0.25) is 0 Å². The Labute approximate surface area is 106 Å². The molecule has 0 saturated carbocycles. The normalized spacial score (nSPS) is 11.7. The molecular weight excluding hydrogens is 250 g/mol. The summed E-state index contributed by atoms with van der Waals surface area (Å²) in [6.45, 7) is 2.44. The zero-order chi connectivity index (χ0) is 13.2. The third-order valence-electron chi connectivity index (χ3n) is 2.73. The molecule has 0 amide bonds. The summed E-state index contributed by atoms with van der Waals surface area (Å²) in [6, 6.07) is 9.99. The van der Waals surface area contributed by atoms with Crippen molar-refractivity contribution < 1.29 is 8.42 Å². The van der Waals surface area contributed by atoms with Crippen molar-refractivity contribution in [1.82, 2.24) is 9.55 Å². The predicted molar refractivity (Wildman–Crippen MR) is 68.5 cm³/mol. The maximum Gasteiger partial charge on any atom is 0.257 e. The van der Waals surface area contributed by atoms with E-state index in [9.17, 15) is 8.42 Å². The highest BCUT2D eigenvalue weighted by Crippen LogP contribution is 2.09. The van der Waals surface area contributed by atoms with Gasteiger partial charge in [-0.1, -0.05) is 30.3 Å². The van der Waals surface area contributed by atoms with Crippen LogP contribution >= 0.6 is 0 Å². The van der Waals surface area contributed by atoms with Gasteiger partial charge in [-0.25, -0.2) is 18.5 Å². The lowest BCUT2D eigenvalue weighted by Crippen LogP contribution is -2.12. The number of aryl methyl sites for hydroxylation is 3. The number of nitrogens with zero attached hydrogens (tertiary/aromatic N) is 2. The number of primary sulfonamides is 1. The summed E-state index contributed by atoms with van der Waals surface area (Å²) in [6.07, 6.45) is 2.30. The Kier molecular flexibility index (Phi) is 3.49. The van der Waals surface area contributed by atoms with E-state index >= 15 is 0 Å². The van der Waals surface area contributed by atoms with E-state index in [4.69, 9.17) is 5.14 Å². The molecule has 0 saturated heterocycles. The number of benzene rings is 1. The van der Waals surface area contributed by atoms with E-state index < -0.39 is 10.0 Å². The molecule has 2 rings (SSSR count). The molecule has 0 bridgehead atoms. The maximum absolute atomic E-state index is 11.2. The van der Waals surface area contributed by atoms with Gasteiger partial charge in [0.25, 0.3) is 10.0 Å². The fourth-order valence-corrected chi connectivity index (χ4v) is 2.27. The molecule has 0 spiro atoms. The third kappa shape index (κ3) is 2.96. The molecule has 1 aromatic heterocycles. The van der Waals surface area contributed by atoms with Crippen molar-refractivity contribution in [1.29, 1.82) is 0 Å². The SMILES string of the molecule is Cc1nc(S(N)(=O)=O)cn1CCc1ccccc1. The summed E-state index contributed by atoms with van der Waals surface area (Å²) in [4.78, 5) is 3.94. The molecule has 0 aliphatic rings. The minimum Gasteiger partial charge on any atom is -0.333 e. The van der Waals surface area contributed by atoms with Gasteiger partial charge in [0, 0.05) is 12.7 Å². The molecule has 18 heavy (non-hydrogen) atoms. The van der Waals surface area contributed by atoms with E-state index in [0.717, 1.165) is 6.42 Å². The Morgan fingerprint density at radius 2 is 1.94 bits per heavy atom. The molecule has 96 valence electrons. The fourth-order valence-electron chi connectivity index (χ4n) is 1.74. The van der Waals surface area contributed by atoms with Gasteiger partial charge in [-0.15, -0.1) is 0 Å². The molecule has 2 N–H and O–H groups in total. The van der Waals surface area contributed by atoms with Crippen molar-refractivity contribution in [2.45, 2.75) is 24.9 Å². The minimum atomic E-state index is -3.72. The first-order chi connectivity index (χ1) is 8.47. The molecule has 0 atom stereocenters. The summed E-state index contributed by atoms with van der Waals surface area (Å²) >= 11 is 0. The van der Waals surface area contributed by atoms with Gasteiger partial charge in [-0.2, -0.15) is 0 Å². The van der Waals surface area contributed by atoms with Crippen LogP contribution in [0.2, 0.25) is 0 Å². The van der Waals surface area contributed by atoms with Crippen LogP contribution in [-0.4, -0.2) is 18.0 Å². The highest BCUT2D eigenvalue weighted by molar-refractivity contribution is 7.89. The second-order valence-corrected chi connectivity index (χ2v) is 5.61. The summed E-state index contributed by atoms with van der Waals surface area (Å²) in [7, 11) is -3.72. The topological polar surface area (TPSA) is 78.0 Å². The average molecular weight is 265 g/mol. The molecule has 0 radical (unpaired) electrons. The Morgan fingerprint density at radius 3 is 2.50 bits per heavy atom. The van der Waals surface area contributed by atoms with E-state index in [1.807, 2.05) is 30.3 Å². The van der Waals surface area contributed by atoms with Crippen LogP contribution in [0.25, 0.3) is 0 Å². The summed E-state index contributed by atoms with van der Waals surface area (Å²) in [5.74, 6) is 0.648. The third-order valence-corrected chi connectivity index (χ3v) is 3.51. The molecule has 0 unspecified atom stereocenters. The van der Waals surface area contributed by atoms with Crippen LogP contribution in [0, 0.1) is 6.92 Å². The number of hydrogen-bond acceptors (Lipinski definition) is 3. The quantitative estimate of drug-likeness (QED) is 0.898. The molecule has 6 heteroatoms. The molecule has 0 aliphatic carbocycles. The number of nitrogens with two attached hydrogens (primary N) is 1. The van der Waals surface area contributed by atoms with Gasteiger partial charge in [0.05, 0.1) is 0 Å². The Hall–Kier alpha value is -1.66. The molecule has 0 aliphatic heterocycles. The van der Waals surface area contributed by atoms with E-state index in [2.05, 4.69) is 4.98 Å². The van der Waals surface area contributed by atoms with Gasteiger partial charge in [-0.05, 0) is 18.9 Å². The first-order valence-electron chi connectivity index (χ1n) is 5.57. The van der Waals surface area contributed by atoms with Crippen molar-refractivity contribution in [2.75, 3.05) is 0 Å². The number of aromatic nitrogens is 2. The summed E-state index contributed by atoms with van der Waals surface area (Å²) in [5.41, 5.74) is 1.20. The Morgan fingerprint density at radius 1 is 1.28 bits per heavy atom. The molecule has 5 nitrogen and oxygen atoms in total. The summed E-state index contributed by atoms with van der Waals surface area (Å²) < 4.78 is 24.1. The van der Waals surface area contributed by atoms with E-state index in [1.54, 1.807) is 11.5 Å². The standard InChI is InChI=1S/C12H15N3O2S/c1-10-14-12(18(13,16)17)9-15(10)8-7-11-5-3-2-4-6-11/h2-6,9H,7-8H2,1H3,(H2,13,16,17). The van der Waals surface area contributed by atoms with Crippen LogP contribution in [0.15, 0.2) is 41.6 Å². The highest BCUT2D eigenvalue weighted by atomic mass is 32.2. The zero-order valence-electron chi connectivity index (χ0n) is 10.1. The monoisotopic (exact) mass is 265 g/mol. The lowest BCUT2D eigenvalue weighted by Gasteiger charge is -2.04. The van der Waals surface area contributed by atoms with Gasteiger partial charge in [-0.3, -0.25) is 0 Å². The van der Waals surface area contributed by atoms with Crippen molar-refractivity contribution in [2.24, 2.45) is 5.14 Å². The molecule has 0 fully saturated rings. The second-order valence-electron chi connectivity index (χ2n) is 4.10. The van der Waals surface area contributed by atoms with Gasteiger partial charge in [0.15, 0.2) is 5.03 Å². The van der Waals surface area contributed by atoms with Crippen molar-refractivity contribution >= 4 is 10.0 Å². The predicted octanol–water partition coefficient (Wildman–Crippen LogP) is 1.08. The lowest BCUT2D eigenvalue weighted by molar-refractivity contribution is 0.594. The number of hydrogen-bond donors (Lipinski definition) is 1. The lowest BCUT2D eigenvalue weighted by atomic mass is 10.1. The number of rotatable bonds is 4. The van der Waals surface area contributed by atoms with Crippen LogP contribution in [0.5, 0.6) is 0 Å². The zero-order valence-corrected chi connectivity index (χ0v) is 10.9. The van der Waals surface area contributed by atoms with Gasteiger partial charge < -0.3 is 4.57 Å². The molecule has 2 aromatic rings. The Balaban J connectivity index is 2.13. The summed E-state index contributed by atoms with van der Waals surface area (Å²) in [5, 5.41) is 4.97. The number of sulfonamides is 1. The second kappa shape index (κ2) is 4.91. The van der Waals surface area contributed by atoms with Crippen LogP contribution in [0.3, 0.4) is 0 Å². The van der Waals surface area contributed by atoms with Crippen LogP contribution in [0.1, 0.15) is 11.4 Å². The first kappa shape index (κ1) is 12.8. The van der Waals surface area contributed by atoms with E-state index in [1.165, 1.54) is 11.8 Å². The van der Waals surface area contributed by atoms with Gasteiger partial charge in [0.1, 0.15) is 5.82 Å². The van der Waals surface area contributed by atoms with Crippen molar-refractivity contribution in [3.8, 4) is 0 Å². The fraction of sp³-hybridized carbons (Fsp3) is 0.250. The largest absolute Gasteiger partial charge is 0.333 e. The molecule has 1 aromatic carbocycles. The molecular formula is C12H15N3O2S. The van der Waals surface area contributed by atoms with E-state index in [-0.39, 0.29) is 5.03 Å². The average Bonchev–Trinajstić information content (AvgIpc) is 2.69. The van der Waals surface area contributed by atoms with E-state index in [0.29, 0.717) is 12.4 Å². The highest BCUT2D eigenvalue weighted by Gasteiger charge is 2.13. The van der Waals surface area contributed by atoms with Crippen LogP contribution in [-0.2, 0) is 23.0 Å². The minimum absolute atomic E-state index is 0.0759. The van der Waals surface area contributed by atoms with Crippen molar-refractivity contribution in [3.05, 3.63) is 47.9 Å². The van der Waals surface area contributed by atoms with Crippen LogP contribution < -0.4 is 5.14 Å². The smallest absolute Gasteiger partial charge is 0.257 e. The van der Waals surface area contributed by atoms with Crippen LogP contribution in [0.4, 0.5) is 0 Å². The maximum atomic E-state index is 11.2. The Bertz CT molecular complexity index is 633. The van der Waals surface area contributed by atoms with Crippen molar-refractivity contribution in [3.63, 3.8) is 0 Å².